The summed E-state index contributed by atoms with van der Waals surface area (Å²) in [5.41, 5.74) is 0. The summed E-state index contributed by atoms with van der Waals surface area (Å²) in [5.74, 6) is -0.786. The number of aliphatic carboxylic acids is 1. The maximum atomic E-state index is 12.4. The Hall–Kier alpha value is -0.810. The highest BCUT2D eigenvalue weighted by Crippen LogP contribution is 2.18. The quantitative estimate of drug-likeness (QED) is 0.844. The minimum Gasteiger partial charge on any atom is -0.480 e. The van der Waals surface area contributed by atoms with Crippen molar-refractivity contribution in [3.05, 3.63) is 0 Å². The lowest BCUT2D eigenvalue weighted by molar-refractivity contribution is -0.147. The third kappa shape index (κ3) is 4.94. The van der Waals surface area contributed by atoms with E-state index in [9.17, 15) is 14.7 Å². The van der Waals surface area contributed by atoms with Gasteiger partial charge in [0.1, 0.15) is 6.04 Å². The van der Waals surface area contributed by atoms with Gasteiger partial charge in [-0.1, -0.05) is 6.42 Å². The molecular weight excluding hydrogens is 280 g/mol. The highest BCUT2D eigenvalue weighted by Gasteiger charge is 2.31. The van der Waals surface area contributed by atoms with Crippen LogP contribution in [-0.2, 0) is 9.59 Å². The average Bonchev–Trinajstić information content (AvgIpc) is 2.27. The van der Waals surface area contributed by atoms with E-state index in [0.29, 0.717) is 13.0 Å². The summed E-state index contributed by atoms with van der Waals surface area (Å²) >= 11 is 0. The van der Waals surface area contributed by atoms with Gasteiger partial charge in [0.2, 0.25) is 5.91 Å². The van der Waals surface area contributed by atoms with Gasteiger partial charge in [0, 0.05) is 12.1 Å². The summed E-state index contributed by atoms with van der Waals surface area (Å²) < 4.78 is 0. The molecule has 0 aromatic heterocycles. The van der Waals surface area contributed by atoms with Crippen LogP contribution in [0.2, 0.25) is 0 Å². The Morgan fingerprint density at radius 1 is 1.20 bits per heavy atom. The first-order chi connectivity index (χ1) is 8.84. The van der Waals surface area contributed by atoms with Gasteiger partial charge in [-0.05, 0) is 47.1 Å². The largest absolute Gasteiger partial charge is 0.480 e. The summed E-state index contributed by atoms with van der Waals surface area (Å²) in [6.45, 7) is 8.87. The number of nitrogens with zero attached hydrogens (tertiary/aromatic N) is 2. The van der Waals surface area contributed by atoms with Crippen molar-refractivity contribution in [1.82, 2.24) is 9.80 Å². The van der Waals surface area contributed by atoms with Crippen molar-refractivity contribution in [3.8, 4) is 0 Å². The molecule has 0 radical (unpaired) electrons. The van der Waals surface area contributed by atoms with Crippen molar-refractivity contribution >= 4 is 24.3 Å². The highest BCUT2D eigenvalue weighted by molar-refractivity contribution is 5.85. The third-order valence-electron chi connectivity index (χ3n) is 3.64. The fourth-order valence-electron chi connectivity index (χ4n) is 2.89. The number of likely N-dealkylation sites (tertiary alicyclic amines) is 1. The smallest absolute Gasteiger partial charge is 0.320 e. The van der Waals surface area contributed by atoms with E-state index in [1.54, 1.807) is 0 Å². The number of carbonyl (C=O) groups excluding carboxylic acids is 1. The summed E-state index contributed by atoms with van der Waals surface area (Å²) in [6.07, 6.45) is 2.55. The van der Waals surface area contributed by atoms with Crippen LogP contribution >= 0.6 is 12.4 Å². The fourth-order valence-corrected chi connectivity index (χ4v) is 2.89. The van der Waals surface area contributed by atoms with Gasteiger partial charge in [-0.15, -0.1) is 12.4 Å². The molecule has 0 spiro atoms. The number of carbonyl (C=O) groups is 2. The molecule has 1 fully saturated rings. The maximum absolute atomic E-state index is 12.4. The molecule has 1 atom stereocenters. The Morgan fingerprint density at radius 3 is 2.20 bits per heavy atom. The second-order valence-corrected chi connectivity index (χ2v) is 5.81. The molecule has 5 nitrogen and oxygen atoms in total. The Kier molecular flexibility index (Phi) is 8.13. The summed E-state index contributed by atoms with van der Waals surface area (Å²) in [6, 6.07) is -0.222. The normalized spacial score (nSPS) is 19.8. The van der Waals surface area contributed by atoms with Gasteiger partial charge in [0.15, 0.2) is 0 Å². The van der Waals surface area contributed by atoms with Crippen LogP contribution in [0, 0.1) is 0 Å². The molecular formula is C14H27ClN2O3. The lowest BCUT2D eigenvalue weighted by Gasteiger charge is -2.36. The second kappa shape index (κ2) is 8.47. The van der Waals surface area contributed by atoms with E-state index < -0.39 is 12.0 Å². The molecule has 1 amide bonds. The van der Waals surface area contributed by atoms with Crippen molar-refractivity contribution in [2.45, 2.75) is 65.1 Å². The first kappa shape index (κ1) is 19.2. The van der Waals surface area contributed by atoms with E-state index in [-0.39, 0.29) is 36.9 Å². The van der Waals surface area contributed by atoms with Crippen molar-refractivity contribution in [2.24, 2.45) is 0 Å². The number of amides is 1. The van der Waals surface area contributed by atoms with Gasteiger partial charge in [-0.2, -0.15) is 0 Å². The standard InChI is InChI=1S/C14H26N2O3.ClH/c1-10(2)16(11(3)4)13(17)9-15-8-6-5-7-12(15)14(18)19;/h10-12H,5-9H2,1-4H3,(H,18,19);1H. The van der Waals surface area contributed by atoms with Gasteiger partial charge in [0.25, 0.3) is 0 Å². The van der Waals surface area contributed by atoms with Crippen LogP contribution in [-0.4, -0.2) is 58.0 Å². The van der Waals surface area contributed by atoms with Gasteiger partial charge in [-0.25, -0.2) is 0 Å². The van der Waals surface area contributed by atoms with E-state index in [0.717, 1.165) is 12.8 Å². The number of halogens is 1. The van der Waals surface area contributed by atoms with E-state index in [2.05, 4.69) is 0 Å². The number of carboxylic acids is 1. The Bertz CT molecular complexity index is 326. The van der Waals surface area contributed by atoms with Crippen LogP contribution in [0.15, 0.2) is 0 Å². The van der Waals surface area contributed by atoms with Crippen molar-refractivity contribution in [3.63, 3.8) is 0 Å². The predicted octanol–water partition coefficient (Wildman–Crippen LogP) is 1.99. The van der Waals surface area contributed by atoms with E-state index in [1.165, 1.54) is 0 Å². The van der Waals surface area contributed by atoms with Gasteiger partial charge < -0.3 is 10.0 Å². The zero-order chi connectivity index (χ0) is 14.6. The number of hydrogen-bond acceptors (Lipinski definition) is 3. The molecule has 1 N–H and O–H groups in total. The van der Waals surface area contributed by atoms with Crippen LogP contribution < -0.4 is 0 Å². The summed E-state index contributed by atoms with van der Waals surface area (Å²) in [7, 11) is 0. The molecule has 0 saturated carbocycles. The van der Waals surface area contributed by atoms with Gasteiger partial charge in [0.05, 0.1) is 6.54 Å². The Labute approximate surface area is 127 Å². The van der Waals surface area contributed by atoms with Gasteiger partial charge in [-0.3, -0.25) is 14.5 Å². The number of piperidine rings is 1. The van der Waals surface area contributed by atoms with Gasteiger partial charge >= 0.3 is 5.97 Å². The molecule has 1 saturated heterocycles. The van der Waals surface area contributed by atoms with Crippen molar-refractivity contribution in [2.75, 3.05) is 13.1 Å². The topological polar surface area (TPSA) is 60.9 Å². The molecule has 1 unspecified atom stereocenters. The van der Waals surface area contributed by atoms with E-state index >= 15 is 0 Å². The fraction of sp³-hybridized carbons (Fsp3) is 0.857. The number of carboxylic acid groups (broad SMARTS) is 1. The summed E-state index contributed by atoms with van der Waals surface area (Å²) in [5, 5.41) is 9.21. The van der Waals surface area contributed by atoms with Crippen LogP contribution in [0.4, 0.5) is 0 Å². The molecule has 1 aliphatic rings. The molecule has 1 heterocycles. The monoisotopic (exact) mass is 306 g/mol. The maximum Gasteiger partial charge on any atom is 0.320 e. The average molecular weight is 307 g/mol. The highest BCUT2D eigenvalue weighted by atomic mass is 35.5. The SMILES string of the molecule is CC(C)N(C(=O)CN1CCCCC1C(=O)O)C(C)C.Cl. The number of rotatable bonds is 5. The molecule has 0 aliphatic carbocycles. The minimum atomic E-state index is -0.812. The lowest BCUT2D eigenvalue weighted by Crippen LogP contribution is -2.52. The molecule has 6 heteroatoms. The molecule has 20 heavy (non-hydrogen) atoms. The van der Waals surface area contributed by atoms with Crippen LogP contribution in [0.5, 0.6) is 0 Å². The Balaban J connectivity index is 0.00000361. The second-order valence-electron chi connectivity index (χ2n) is 5.81. The summed E-state index contributed by atoms with van der Waals surface area (Å²) in [4.78, 5) is 27.2. The van der Waals surface area contributed by atoms with Crippen LogP contribution in [0.25, 0.3) is 0 Å². The first-order valence-electron chi connectivity index (χ1n) is 7.12. The predicted molar refractivity (Wildman–Crippen MR) is 81.2 cm³/mol. The zero-order valence-electron chi connectivity index (χ0n) is 12.8. The molecule has 1 aliphatic heterocycles. The molecule has 0 aromatic carbocycles. The zero-order valence-corrected chi connectivity index (χ0v) is 13.7. The Morgan fingerprint density at radius 2 is 1.75 bits per heavy atom. The van der Waals surface area contributed by atoms with Crippen LogP contribution in [0.1, 0.15) is 47.0 Å². The lowest BCUT2D eigenvalue weighted by atomic mass is 10.0. The molecule has 1 rings (SSSR count). The van der Waals surface area contributed by atoms with Crippen LogP contribution in [0.3, 0.4) is 0 Å². The minimum absolute atomic E-state index is 0. The number of hydrogen-bond donors (Lipinski definition) is 1. The molecule has 0 aromatic rings. The molecule has 0 bridgehead atoms. The van der Waals surface area contributed by atoms with Crippen molar-refractivity contribution in [1.29, 1.82) is 0 Å². The third-order valence-corrected chi connectivity index (χ3v) is 3.64. The van der Waals surface area contributed by atoms with Crippen molar-refractivity contribution < 1.29 is 14.7 Å². The van der Waals surface area contributed by atoms with E-state index in [1.807, 2.05) is 37.5 Å². The van der Waals surface area contributed by atoms with E-state index in [4.69, 9.17) is 0 Å². The molecule has 118 valence electrons. The first-order valence-corrected chi connectivity index (χ1v) is 7.12.